The van der Waals surface area contributed by atoms with Crippen molar-refractivity contribution in [3.63, 3.8) is 0 Å². The largest absolute Gasteiger partial charge is 0.336 e. The molecule has 0 bridgehead atoms. The molecule has 1 aromatic carbocycles. The molecule has 5 heteroatoms. The van der Waals surface area contributed by atoms with Crippen LogP contribution in [-0.2, 0) is 16.0 Å². The van der Waals surface area contributed by atoms with E-state index < -0.39 is 0 Å². The lowest BCUT2D eigenvalue weighted by molar-refractivity contribution is -0.154. The number of rotatable bonds is 4. The molecule has 0 saturated carbocycles. The van der Waals surface area contributed by atoms with Crippen LogP contribution in [0, 0.1) is 0 Å². The van der Waals surface area contributed by atoms with E-state index in [0.717, 1.165) is 24.9 Å². The van der Waals surface area contributed by atoms with Gasteiger partial charge in [-0.05, 0) is 45.8 Å². The number of fused-ring (bicyclic) bond motifs is 1. The SMILES string of the molecule is C[C@H]1C(=O)N2CCC[C@@H]2CN1C(=O)[C@H](Cc1ccccc1)N(C)C. The minimum atomic E-state index is -0.356. The van der Waals surface area contributed by atoms with Gasteiger partial charge in [0.05, 0.1) is 6.04 Å². The summed E-state index contributed by atoms with van der Waals surface area (Å²) in [6.07, 6.45) is 2.72. The molecule has 0 N–H and O–H groups in total. The standard InChI is InChI=1S/C19H27N3O2/c1-14-18(23)21-11-7-10-16(21)13-22(14)19(24)17(20(2)3)12-15-8-5-4-6-9-15/h4-6,8-9,14,16-17H,7,10-13H2,1-3H3/t14-,16+,17-/m0/s1. The van der Waals surface area contributed by atoms with Crippen molar-refractivity contribution in [3.8, 4) is 0 Å². The van der Waals surface area contributed by atoms with Crippen LogP contribution in [0.5, 0.6) is 0 Å². The van der Waals surface area contributed by atoms with Gasteiger partial charge in [0.1, 0.15) is 6.04 Å². The summed E-state index contributed by atoms with van der Waals surface area (Å²) in [6.45, 7) is 3.38. The van der Waals surface area contributed by atoms with Crippen molar-refractivity contribution < 1.29 is 9.59 Å². The highest BCUT2D eigenvalue weighted by Crippen LogP contribution is 2.26. The number of likely N-dealkylation sites (N-methyl/N-ethyl adjacent to an activating group) is 1. The molecule has 2 aliphatic rings. The molecule has 5 nitrogen and oxygen atoms in total. The van der Waals surface area contributed by atoms with E-state index in [1.165, 1.54) is 0 Å². The Morgan fingerprint density at radius 2 is 2.00 bits per heavy atom. The monoisotopic (exact) mass is 329 g/mol. The molecule has 2 aliphatic heterocycles. The summed E-state index contributed by atoms with van der Waals surface area (Å²) in [4.78, 5) is 31.5. The summed E-state index contributed by atoms with van der Waals surface area (Å²) in [7, 11) is 3.87. The Morgan fingerprint density at radius 3 is 2.67 bits per heavy atom. The van der Waals surface area contributed by atoms with E-state index in [2.05, 4.69) is 0 Å². The lowest BCUT2D eigenvalue weighted by atomic mass is 10.0. The first-order valence-electron chi connectivity index (χ1n) is 8.80. The van der Waals surface area contributed by atoms with E-state index in [1.807, 2.05) is 66.1 Å². The van der Waals surface area contributed by atoms with Crippen LogP contribution < -0.4 is 0 Å². The number of amides is 2. The average Bonchev–Trinajstić information content (AvgIpc) is 3.05. The third-order valence-corrected chi connectivity index (χ3v) is 5.36. The molecule has 1 aromatic rings. The first-order valence-corrected chi connectivity index (χ1v) is 8.80. The van der Waals surface area contributed by atoms with E-state index in [4.69, 9.17) is 0 Å². The number of piperazine rings is 1. The van der Waals surface area contributed by atoms with Crippen molar-refractivity contribution in [1.82, 2.24) is 14.7 Å². The molecular weight excluding hydrogens is 302 g/mol. The minimum absolute atomic E-state index is 0.0660. The zero-order valence-electron chi connectivity index (χ0n) is 14.8. The van der Waals surface area contributed by atoms with Crippen molar-refractivity contribution >= 4 is 11.8 Å². The Bertz CT molecular complexity index is 602. The highest BCUT2D eigenvalue weighted by Gasteiger charge is 2.43. The zero-order valence-corrected chi connectivity index (χ0v) is 14.8. The first kappa shape index (κ1) is 17.0. The smallest absolute Gasteiger partial charge is 0.245 e. The predicted molar refractivity (Wildman–Crippen MR) is 93.5 cm³/mol. The van der Waals surface area contributed by atoms with Crippen LogP contribution >= 0.6 is 0 Å². The molecule has 0 radical (unpaired) electrons. The highest BCUT2D eigenvalue weighted by molar-refractivity contribution is 5.91. The van der Waals surface area contributed by atoms with Crippen LogP contribution in [0.2, 0.25) is 0 Å². The van der Waals surface area contributed by atoms with Gasteiger partial charge in [0, 0.05) is 19.1 Å². The number of carbonyl (C=O) groups is 2. The molecule has 2 heterocycles. The average molecular weight is 329 g/mol. The predicted octanol–water partition coefficient (Wildman–Crippen LogP) is 1.38. The van der Waals surface area contributed by atoms with Gasteiger partial charge in [0.15, 0.2) is 0 Å². The molecule has 0 aliphatic carbocycles. The van der Waals surface area contributed by atoms with Crippen LogP contribution in [0.25, 0.3) is 0 Å². The van der Waals surface area contributed by atoms with Gasteiger partial charge in [0.25, 0.3) is 0 Å². The van der Waals surface area contributed by atoms with Crippen LogP contribution in [0.4, 0.5) is 0 Å². The molecule has 3 atom stereocenters. The summed E-state index contributed by atoms with van der Waals surface area (Å²) in [6, 6.07) is 9.68. The zero-order chi connectivity index (χ0) is 17.3. The van der Waals surface area contributed by atoms with Crippen molar-refractivity contribution in [2.75, 3.05) is 27.2 Å². The second-order valence-electron chi connectivity index (χ2n) is 7.16. The van der Waals surface area contributed by atoms with Crippen LogP contribution in [0.1, 0.15) is 25.3 Å². The Kier molecular flexibility index (Phi) is 4.90. The quantitative estimate of drug-likeness (QED) is 0.838. The molecule has 0 unspecified atom stereocenters. The minimum Gasteiger partial charge on any atom is -0.336 e. The molecule has 24 heavy (non-hydrogen) atoms. The Balaban J connectivity index is 1.78. The Hall–Kier alpha value is -1.88. The van der Waals surface area contributed by atoms with E-state index in [1.54, 1.807) is 0 Å². The molecule has 2 saturated heterocycles. The van der Waals surface area contributed by atoms with Crippen LogP contribution in [0.15, 0.2) is 30.3 Å². The molecule has 2 amide bonds. The van der Waals surface area contributed by atoms with Crippen LogP contribution in [0.3, 0.4) is 0 Å². The number of hydrogen-bond donors (Lipinski definition) is 0. The number of benzene rings is 1. The molecular formula is C19H27N3O2. The Labute approximate surface area is 144 Å². The molecule has 0 aromatic heterocycles. The van der Waals surface area contributed by atoms with Crippen molar-refractivity contribution in [1.29, 1.82) is 0 Å². The second kappa shape index (κ2) is 6.93. The fourth-order valence-electron chi connectivity index (χ4n) is 3.87. The van der Waals surface area contributed by atoms with Gasteiger partial charge in [0.2, 0.25) is 11.8 Å². The van der Waals surface area contributed by atoms with Crippen molar-refractivity contribution in [3.05, 3.63) is 35.9 Å². The molecule has 130 valence electrons. The first-order chi connectivity index (χ1) is 11.5. The van der Waals surface area contributed by atoms with E-state index in [-0.39, 0.29) is 29.9 Å². The topological polar surface area (TPSA) is 43.9 Å². The summed E-state index contributed by atoms with van der Waals surface area (Å²) >= 11 is 0. The van der Waals surface area contributed by atoms with E-state index in [9.17, 15) is 9.59 Å². The summed E-state index contributed by atoms with van der Waals surface area (Å²) in [5, 5.41) is 0. The van der Waals surface area contributed by atoms with Gasteiger partial charge >= 0.3 is 0 Å². The van der Waals surface area contributed by atoms with Gasteiger partial charge in [-0.25, -0.2) is 0 Å². The number of hydrogen-bond acceptors (Lipinski definition) is 3. The Morgan fingerprint density at radius 1 is 1.29 bits per heavy atom. The normalized spacial score (nSPS) is 25.1. The molecule has 2 fully saturated rings. The van der Waals surface area contributed by atoms with Gasteiger partial charge in [-0.15, -0.1) is 0 Å². The fourth-order valence-corrected chi connectivity index (χ4v) is 3.87. The van der Waals surface area contributed by atoms with Crippen molar-refractivity contribution in [2.24, 2.45) is 0 Å². The van der Waals surface area contributed by atoms with Gasteiger partial charge in [-0.3, -0.25) is 14.5 Å². The summed E-state index contributed by atoms with van der Waals surface area (Å²) < 4.78 is 0. The summed E-state index contributed by atoms with van der Waals surface area (Å²) in [5.74, 6) is 0.172. The lowest BCUT2D eigenvalue weighted by Crippen LogP contribution is -2.63. The maximum Gasteiger partial charge on any atom is 0.245 e. The second-order valence-corrected chi connectivity index (χ2v) is 7.16. The lowest BCUT2D eigenvalue weighted by Gasteiger charge is -2.43. The van der Waals surface area contributed by atoms with Gasteiger partial charge < -0.3 is 9.80 Å². The maximum absolute atomic E-state index is 13.2. The number of carbonyl (C=O) groups excluding carboxylic acids is 2. The summed E-state index contributed by atoms with van der Waals surface area (Å²) in [5.41, 5.74) is 1.14. The van der Waals surface area contributed by atoms with Crippen molar-refractivity contribution in [2.45, 2.75) is 44.3 Å². The van der Waals surface area contributed by atoms with Crippen LogP contribution in [-0.4, -0.2) is 71.8 Å². The van der Waals surface area contributed by atoms with E-state index in [0.29, 0.717) is 13.0 Å². The van der Waals surface area contributed by atoms with E-state index >= 15 is 0 Å². The fraction of sp³-hybridized carbons (Fsp3) is 0.579. The third-order valence-electron chi connectivity index (χ3n) is 5.36. The number of nitrogens with zero attached hydrogens (tertiary/aromatic N) is 3. The highest BCUT2D eigenvalue weighted by atomic mass is 16.2. The molecule has 3 rings (SSSR count). The van der Waals surface area contributed by atoms with Gasteiger partial charge in [-0.1, -0.05) is 30.3 Å². The third kappa shape index (κ3) is 3.18. The molecule has 0 spiro atoms. The van der Waals surface area contributed by atoms with Gasteiger partial charge in [-0.2, -0.15) is 0 Å². The maximum atomic E-state index is 13.2.